The minimum absolute atomic E-state index is 0.653. The van der Waals surface area contributed by atoms with Gasteiger partial charge in [-0.05, 0) is 85.9 Å². The van der Waals surface area contributed by atoms with Crippen LogP contribution in [0, 0.1) is 11.3 Å². The van der Waals surface area contributed by atoms with Crippen LogP contribution in [0.15, 0.2) is 42.5 Å². The molecule has 2 aromatic carbocycles. The Hall–Kier alpha value is -2.11. The van der Waals surface area contributed by atoms with E-state index in [1.165, 1.54) is 27.8 Å². The van der Waals surface area contributed by atoms with E-state index in [1.807, 2.05) is 0 Å². The summed E-state index contributed by atoms with van der Waals surface area (Å²) in [5, 5.41) is 12.0. The van der Waals surface area contributed by atoms with Crippen molar-refractivity contribution < 1.29 is 0 Å². The van der Waals surface area contributed by atoms with E-state index in [4.69, 9.17) is 5.26 Å². The first-order valence-corrected chi connectivity index (χ1v) is 9.61. The molecule has 2 heteroatoms. The monoisotopic (exact) mass is 332 g/mol. The second kappa shape index (κ2) is 9.39. The van der Waals surface area contributed by atoms with Crippen molar-refractivity contribution in [3.05, 3.63) is 70.3 Å². The van der Waals surface area contributed by atoms with E-state index in [-0.39, 0.29) is 0 Å². The number of nitrogens with zero attached hydrogens (tertiary/aromatic N) is 1. The molecule has 0 saturated heterocycles. The summed E-state index contributed by atoms with van der Waals surface area (Å²) in [6.07, 6.45) is 8.42. The molecule has 6 rings (SSSR count). The maximum Gasteiger partial charge on any atom is 0.0622 e. The van der Waals surface area contributed by atoms with Crippen molar-refractivity contribution in [2.75, 3.05) is 13.1 Å². The summed E-state index contributed by atoms with van der Waals surface area (Å²) < 4.78 is 0. The highest BCUT2D eigenvalue weighted by atomic mass is 14.8. The van der Waals surface area contributed by atoms with Crippen molar-refractivity contribution in [3.8, 4) is 6.07 Å². The van der Waals surface area contributed by atoms with E-state index in [0.29, 0.717) is 6.42 Å². The Balaban J connectivity index is 1.60. The smallest absolute Gasteiger partial charge is 0.0622 e. The summed E-state index contributed by atoms with van der Waals surface area (Å²) >= 11 is 0. The zero-order chi connectivity index (χ0) is 17.3. The van der Waals surface area contributed by atoms with Crippen LogP contribution in [0.5, 0.6) is 0 Å². The Labute approximate surface area is 151 Å². The van der Waals surface area contributed by atoms with Gasteiger partial charge in [0.05, 0.1) is 6.07 Å². The third-order valence-electron chi connectivity index (χ3n) is 5.12. The summed E-state index contributed by atoms with van der Waals surface area (Å²) in [4.78, 5) is 0. The first kappa shape index (κ1) is 17.7. The van der Waals surface area contributed by atoms with E-state index >= 15 is 0 Å². The quantitative estimate of drug-likeness (QED) is 0.763. The van der Waals surface area contributed by atoms with Gasteiger partial charge in [0.15, 0.2) is 0 Å². The van der Waals surface area contributed by atoms with E-state index < -0.39 is 0 Å². The lowest BCUT2D eigenvalue weighted by molar-refractivity contribution is 0.626. The first-order valence-electron chi connectivity index (χ1n) is 9.61. The molecule has 2 nitrogen and oxygen atoms in total. The first-order chi connectivity index (χ1) is 12.3. The SMILES string of the molecule is N#CCCCNCCCc1cc2ccc1CCc1ccc(cc1)CC2. The van der Waals surface area contributed by atoms with Gasteiger partial charge in [-0.2, -0.15) is 5.26 Å². The molecule has 4 aliphatic rings. The minimum atomic E-state index is 0.653. The largest absolute Gasteiger partial charge is 0.317 e. The maximum atomic E-state index is 8.56. The predicted octanol–water partition coefficient (Wildman–Crippen LogP) is 4.40. The second-order valence-corrected chi connectivity index (χ2v) is 7.03. The number of nitrogens with one attached hydrogen (secondary N) is 1. The van der Waals surface area contributed by atoms with Crippen LogP contribution in [-0.2, 0) is 32.1 Å². The molecule has 25 heavy (non-hydrogen) atoms. The molecule has 0 spiro atoms. The molecule has 130 valence electrons. The van der Waals surface area contributed by atoms with E-state index in [1.54, 1.807) is 0 Å². The van der Waals surface area contributed by atoms with Crippen LogP contribution >= 0.6 is 0 Å². The summed E-state index contributed by atoms with van der Waals surface area (Å²) in [7, 11) is 0. The van der Waals surface area contributed by atoms with Crippen molar-refractivity contribution in [1.29, 1.82) is 5.26 Å². The average molecular weight is 332 g/mol. The minimum Gasteiger partial charge on any atom is -0.317 e. The zero-order valence-electron chi connectivity index (χ0n) is 15.1. The lowest BCUT2D eigenvalue weighted by atomic mass is 9.92. The standard InChI is InChI=1S/C23H28N2/c24-15-1-2-16-25-17-3-4-23-18-21-10-9-19-5-7-20(8-6-19)11-13-22(23)14-12-21/h5-8,12,14,18,25H,1-4,9-11,13,16-17H2. The molecule has 0 heterocycles. The number of rotatable bonds is 7. The van der Waals surface area contributed by atoms with Gasteiger partial charge in [0.1, 0.15) is 0 Å². The fourth-order valence-electron chi connectivity index (χ4n) is 3.57. The van der Waals surface area contributed by atoms with Crippen LogP contribution in [0.1, 0.15) is 47.1 Å². The van der Waals surface area contributed by atoms with E-state index in [9.17, 15) is 0 Å². The summed E-state index contributed by atoms with van der Waals surface area (Å²) in [5.41, 5.74) is 7.39. The lowest BCUT2D eigenvalue weighted by Gasteiger charge is -2.14. The van der Waals surface area contributed by atoms with Crippen LogP contribution in [0.25, 0.3) is 0 Å². The lowest BCUT2D eigenvalue weighted by Crippen LogP contribution is -2.17. The molecule has 0 unspecified atom stereocenters. The highest BCUT2D eigenvalue weighted by molar-refractivity contribution is 5.35. The molecule has 0 radical (unpaired) electrons. The van der Waals surface area contributed by atoms with Gasteiger partial charge in [0.25, 0.3) is 0 Å². The Morgan fingerprint density at radius 2 is 1.44 bits per heavy atom. The van der Waals surface area contributed by atoms with Crippen molar-refractivity contribution in [1.82, 2.24) is 5.32 Å². The van der Waals surface area contributed by atoms with Crippen molar-refractivity contribution in [2.24, 2.45) is 0 Å². The van der Waals surface area contributed by atoms with Crippen molar-refractivity contribution in [3.63, 3.8) is 0 Å². The number of unbranched alkanes of at least 4 members (excludes halogenated alkanes) is 1. The number of hydrogen-bond acceptors (Lipinski definition) is 2. The van der Waals surface area contributed by atoms with E-state index in [2.05, 4.69) is 53.9 Å². The van der Waals surface area contributed by atoms with Gasteiger partial charge in [-0.3, -0.25) is 0 Å². The van der Waals surface area contributed by atoms with Gasteiger partial charge in [0.2, 0.25) is 0 Å². The predicted molar refractivity (Wildman–Crippen MR) is 104 cm³/mol. The van der Waals surface area contributed by atoms with Crippen LogP contribution in [-0.4, -0.2) is 13.1 Å². The molecule has 0 aromatic heterocycles. The third kappa shape index (κ3) is 5.44. The number of hydrogen-bond donors (Lipinski definition) is 1. The average Bonchev–Trinajstić information content (AvgIpc) is 2.64. The molecule has 1 N–H and O–H groups in total. The molecule has 0 amide bonds. The summed E-state index contributed by atoms with van der Waals surface area (Å²) in [6, 6.07) is 18.5. The van der Waals surface area contributed by atoms with Crippen LogP contribution < -0.4 is 5.32 Å². The van der Waals surface area contributed by atoms with Gasteiger partial charge in [0, 0.05) is 6.42 Å². The molecular weight excluding hydrogens is 304 g/mol. The van der Waals surface area contributed by atoms with Crippen LogP contribution in [0.2, 0.25) is 0 Å². The number of benzene rings is 2. The van der Waals surface area contributed by atoms with Gasteiger partial charge < -0.3 is 5.32 Å². The molecule has 0 saturated carbocycles. The summed E-state index contributed by atoms with van der Waals surface area (Å²) in [5.74, 6) is 0. The van der Waals surface area contributed by atoms with Gasteiger partial charge in [-0.1, -0.05) is 42.5 Å². The zero-order valence-corrected chi connectivity index (χ0v) is 15.1. The van der Waals surface area contributed by atoms with Crippen molar-refractivity contribution in [2.45, 2.75) is 51.4 Å². The Morgan fingerprint density at radius 3 is 2.20 bits per heavy atom. The molecule has 4 bridgehead atoms. The molecular formula is C23H28N2. The van der Waals surface area contributed by atoms with Crippen LogP contribution in [0.3, 0.4) is 0 Å². The Morgan fingerprint density at radius 1 is 0.800 bits per heavy atom. The van der Waals surface area contributed by atoms with Crippen LogP contribution in [0.4, 0.5) is 0 Å². The second-order valence-electron chi connectivity index (χ2n) is 7.03. The topological polar surface area (TPSA) is 35.8 Å². The highest BCUT2D eigenvalue weighted by Crippen LogP contribution is 2.20. The molecule has 0 aliphatic heterocycles. The molecule has 4 aliphatic carbocycles. The highest BCUT2D eigenvalue weighted by Gasteiger charge is 2.08. The molecule has 0 fully saturated rings. The van der Waals surface area contributed by atoms with Gasteiger partial charge in [-0.25, -0.2) is 0 Å². The van der Waals surface area contributed by atoms with Gasteiger partial charge >= 0.3 is 0 Å². The molecule has 2 aromatic rings. The summed E-state index contributed by atoms with van der Waals surface area (Å²) in [6.45, 7) is 1.99. The maximum absolute atomic E-state index is 8.56. The molecule has 0 atom stereocenters. The van der Waals surface area contributed by atoms with Crippen molar-refractivity contribution >= 4 is 0 Å². The number of aryl methyl sites for hydroxylation is 5. The van der Waals surface area contributed by atoms with Gasteiger partial charge in [-0.15, -0.1) is 0 Å². The fraction of sp³-hybridized carbons (Fsp3) is 0.435. The Kier molecular flexibility index (Phi) is 6.65. The van der Waals surface area contributed by atoms with E-state index in [0.717, 1.165) is 58.0 Å². The number of nitriles is 1. The Bertz CT molecular complexity index is 710. The fourth-order valence-corrected chi connectivity index (χ4v) is 3.57. The third-order valence-corrected chi connectivity index (χ3v) is 5.12. The normalized spacial score (nSPS) is 13.2.